The molecule has 4 nitrogen and oxygen atoms in total. The van der Waals surface area contributed by atoms with Gasteiger partial charge in [0.2, 0.25) is 0 Å². The van der Waals surface area contributed by atoms with Gasteiger partial charge in [0, 0.05) is 28.5 Å². The number of rotatable bonds is 6. The average Bonchev–Trinajstić information content (AvgIpc) is 3.59. The highest BCUT2D eigenvalue weighted by atomic mass is 35.5. The topological polar surface area (TPSA) is 63.6 Å². The van der Waals surface area contributed by atoms with Crippen LogP contribution in [0.2, 0.25) is 5.02 Å². The number of benzene rings is 3. The first-order valence-corrected chi connectivity index (χ1v) is 10.7. The fourth-order valence-corrected chi connectivity index (χ4v) is 4.09. The van der Waals surface area contributed by atoms with Crippen molar-refractivity contribution in [2.75, 3.05) is 0 Å². The van der Waals surface area contributed by atoms with Gasteiger partial charge in [0.1, 0.15) is 12.4 Å². The van der Waals surface area contributed by atoms with E-state index in [0.29, 0.717) is 40.9 Å². The Morgan fingerprint density at radius 3 is 2.53 bits per heavy atom. The molecule has 0 aliphatic heterocycles. The third kappa shape index (κ3) is 4.10. The quantitative estimate of drug-likeness (QED) is 0.370. The Morgan fingerprint density at radius 2 is 1.84 bits per heavy atom. The molecule has 1 N–H and O–H groups in total. The summed E-state index contributed by atoms with van der Waals surface area (Å²) in [7, 11) is 0. The highest BCUT2D eigenvalue weighted by molar-refractivity contribution is 6.32. The van der Waals surface area contributed by atoms with Crippen molar-refractivity contribution < 1.29 is 19.4 Å². The minimum atomic E-state index is -0.957. The van der Waals surface area contributed by atoms with Crippen LogP contribution in [0, 0.1) is 0 Å². The van der Waals surface area contributed by atoms with Gasteiger partial charge in [-0.1, -0.05) is 48.0 Å². The van der Waals surface area contributed by atoms with Gasteiger partial charge in [0.25, 0.3) is 0 Å². The number of ether oxygens (including phenoxy) is 1. The van der Waals surface area contributed by atoms with Gasteiger partial charge in [0.15, 0.2) is 5.78 Å². The summed E-state index contributed by atoms with van der Waals surface area (Å²) < 4.78 is 5.86. The summed E-state index contributed by atoms with van der Waals surface area (Å²) in [5.74, 6) is 0.112. The second kappa shape index (κ2) is 8.13. The molecule has 5 heteroatoms. The molecule has 0 atom stereocenters. The van der Waals surface area contributed by atoms with Gasteiger partial charge in [-0.25, -0.2) is 4.79 Å². The van der Waals surface area contributed by atoms with E-state index < -0.39 is 5.97 Å². The van der Waals surface area contributed by atoms with E-state index in [2.05, 4.69) is 12.2 Å². The number of fused-ring (bicyclic) bond motifs is 1. The molecule has 3 aromatic rings. The summed E-state index contributed by atoms with van der Waals surface area (Å²) in [6, 6.07) is 18.0. The molecule has 0 spiro atoms. The smallest absolute Gasteiger partial charge is 0.335 e. The van der Waals surface area contributed by atoms with E-state index in [0.717, 1.165) is 22.3 Å². The van der Waals surface area contributed by atoms with E-state index in [1.165, 1.54) is 0 Å². The van der Waals surface area contributed by atoms with Gasteiger partial charge in [0.05, 0.1) is 5.56 Å². The molecule has 5 rings (SSSR count). The van der Waals surface area contributed by atoms with E-state index in [1.807, 2.05) is 30.3 Å². The molecule has 3 aromatic carbocycles. The molecule has 0 unspecified atom stereocenters. The average molecular weight is 443 g/mol. The standard InChI is InChI=1S/C27H19ClO4/c28-25-14-19(17-5-6-17)7-8-20(25)11-22-12-21-13-23(9-10-24(21)26(22)29)32-15-16-1-3-18(4-2-16)27(30)31/h1-11,13-14,17H,12,15H2,(H,30,31)/b22-11+. The van der Waals surface area contributed by atoms with Crippen LogP contribution in [-0.2, 0) is 13.0 Å². The van der Waals surface area contributed by atoms with Crippen molar-refractivity contribution in [1.29, 1.82) is 0 Å². The number of halogens is 1. The molecule has 0 aromatic heterocycles. The van der Waals surface area contributed by atoms with Crippen LogP contribution in [-0.4, -0.2) is 16.9 Å². The highest BCUT2D eigenvalue weighted by Crippen LogP contribution is 2.35. The van der Waals surface area contributed by atoms with Crippen LogP contribution in [0.15, 0.2) is 78.4 Å². The largest absolute Gasteiger partial charge is 0.489 e. The zero-order valence-electron chi connectivity index (χ0n) is 17.0. The molecule has 2 aliphatic carbocycles. The third-order valence-corrected chi connectivity index (χ3v) is 6.05. The van der Waals surface area contributed by atoms with Crippen LogP contribution in [0.5, 0.6) is 5.75 Å². The normalized spacial score (nSPS) is 15.8. The maximum atomic E-state index is 12.9. The predicted molar refractivity (Wildman–Crippen MR) is 124 cm³/mol. The summed E-state index contributed by atoms with van der Waals surface area (Å²) in [6.45, 7) is 0.313. The zero-order chi connectivity index (χ0) is 22.2. The number of carbonyl (C=O) groups excluding carboxylic acids is 1. The van der Waals surface area contributed by atoms with Gasteiger partial charge in [-0.3, -0.25) is 4.79 Å². The zero-order valence-corrected chi connectivity index (χ0v) is 17.8. The summed E-state index contributed by atoms with van der Waals surface area (Å²) in [5.41, 5.74) is 5.43. The Hall–Kier alpha value is -3.63. The number of hydrogen-bond donors (Lipinski definition) is 1. The van der Waals surface area contributed by atoms with Crippen molar-refractivity contribution in [2.24, 2.45) is 0 Å². The molecule has 0 saturated carbocycles. The predicted octanol–water partition coefficient (Wildman–Crippen LogP) is 6.09. The van der Waals surface area contributed by atoms with Crippen molar-refractivity contribution in [3.05, 3.63) is 117 Å². The number of hydrogen-bond acceptors (Lipinski definition) is 3. The number of ketones is 1. The lowest BCUT2D eigenvalue weighted by Gasteiger charge is -2.08. The van der Waals surface area contributed by atoms with Crippen LogP contribution in [0.4, 0.5) is 0 Å². The Bertz CT molecular complexity index is 1300. The van der Waals surface area contributed by atoms with E-state index in [1.54, 1.807) is 36.4 Å². The number of allylic oxidation sites excluding steroid dienone is 3. The number of carboxylic acids is 1. The van der Waals surface area contributed by atoms with Gasteiger partial charge in [-0.05, 0) is 64.7 Å². The van der Waals surface area contributed by atoms with Crippen LogP contribution in [0.25, 0.3) is 6.08 Å². The Labute approximate surface area is 190 Å². The van der Waals surface area contributed by atoms with Gasteiger partial charge >= 0.3 is 5.97 Å². The second-order valence-corrected chi connectivity index (χ2v) is 8.38. The molecule has 0 bridgehead atoms. The lowest BCUT2D eigenvalue weighted by molar-refractivity contribution is 0.0696. The summed E-state index contributed by atoms with van der Waals surface area (Å²) >= 11 is 6.45. The fourth-order valence-electron chi connectivity index (χ4n) is 3.85. The van der Waals surface area contributed by atoms with Gasteiger partial charge in [-0.15, -0.1) is 0 Å². The Balaban J connectivity index is 1.30. The monoisotopic (exact) mass is 442 g/mol. The number of carboxylic acid groups (broad SMARTS) is 1. The first-order valence-electron chi connectivity index (χ1n) is 10.3. The van der Waals surface area contributed by atoms with Crippen molar-refractivity contribution in [2.45, 2.75) is 18.9 Å². The van der Waals surface area contributed by atoms with Crippen molar-refractivity contribution >= 4 is 29.4 Å². The molecular formula is C27H19ClO4. The molecule has 0 fully saturated rings. The maximum absolute atomic E-state index is 12.9. The number of carbonyl (C=O) groups is 2. The Kier molecular flexibility index (Phi) is 5.16. The summed E-state index contributed by atoms with van der Waals surface area (Å²) in [5, 5.41) is 9.63. The lowest BCUT2D eigenvalue weighted by Crippen LogP contribution is -1.99. The van der Waals surface area contributed by atoms with E-state index in [9.17, 15) is 9.59 Å². The molecule has 2 aliphatic rings. The van der Waals surface area contributed by atoms with Gasteiger partial charge < -0.3 is 9.84 Å². The Morgan fingerprint density at radius 1 is 1.06 bits per heavy atom. The molecule has 158 valence electrons. The lowest BCUT2D eigenvalue weighted by atomic mass is 10.0. The minimum absolute atomic E-state index is 0.0137. The second-order valence-electron chi connectivity index (χ2n) is 7.98. The highest BCUT2D eigenvalue weighted by Gasteiger charge is 2.25. The van der Waals surface area contributed by atoms with Crippen LogP contribution in [0.3, 0.4) is 0 Å². The number of aromatic carboxylic acids is 1. The maximum Gasteiger partial charge on any atom is 0.335 e. The first kappa shape index (κ1) is 20.3. The number of Topliss-reactive ketones (excluding diaryl/α,β-unsaturated/α-hetero) is 1. The molecular weight excluding hydrogens is 424 g/mol. The molecule has 0 heterocycles. The SMILES string of the molecule is O=C(O)c1ccc(COc2ccc3c(c2)C/C(=C\c2ccc(C4C=C4)cc2Cl)C3=O)cc1. The third-order valence-electron chi connectivity index (χ3n) is 5.72. The van der Waals surface area contributed by atoms with Crippen LogP contribution >= 0.6 is 11.6 Å². The van der Waals surface area contributed by atoms with E-state index in [-0.39, 0.29) is 11.3 Å². The first-order chi connectivity index (χ1) is 15.5. The fraction of sp³-hybridized carbons (Fsp3) is 0.111. The summed E-state index contributed by atoms with van der Waals surface area (Å²) in [6.07, 6.45) is 6.64. The molecule has 32 heavy (non-hydrogen) atoms. The minimum Gasteiger partial charge on any atom is -0.489 e. The van der Waals surface area contributed by atoms with Crippen LogP contribution in [0.1, 0.15) is 48.9 Å². The van der Waals surface area contributed by atoms with E-state index >= 15 is 0 Å². The molecule has 0 amide bonds. The molecule has 0 radical (unpaired) electrons. The van der Waals surface area contributed by atoms with Crippen molar-refractivity contribution in [3.8, 4) is 5.75 Å². The van der Waals surface area contributed by atoms with Crippen molar-refractivity contribution in [3.63, 3.8) is 0 Å². The van der Waals surface area contributed by atoms with E-state index in [4.69, 9.17) is 21.4 Å². The van der Waals surface area contributed by atoms with Crippen LogP contribution < -0.4 is 4.74 Å². The van der Waals surface area contributed by atoms with Gasteiger partial charge in [-0.2, -0.15) is 0 Å². The van der Waals surface area contributed by atoms with Crippen molar-refractivity contribution in [1.82, 2.24) is 0 Å². The summed E-state index contributed by atoms with van der Waals surface area (Å²) in [4.78, 5) is 23.8. The molecule has 0 saturated heterocycles.